The molecule has 0 aromatic heterocycles. The molecule has 1 N–H and O–H groups in total. The number of sulfonamides is 1. The first-order valence-electron chi connectivity index (χ1n) is 9.68. The van der Waals surface area contributed by atoms with E-state index in [4.69, 9.17) is 9.47 Å². The number of methoxy groups -OCH3 is 2. The number of ether oxygens (including phenoxy) is 2. The van der Waals surface area contributed by atoms with Crippen LogP contribution in [0.4, 0.5) is 5.69 Å². The number of anilines is 1. The SMILES string of the molecule is COc1ccc(CCCNC(=O)CN(c2ccc(C)cc2C)S(C)(=O)=O)cc1OC. The minimum absolute atomic E-state index is 0.251. The molecule has 1 amide bonds. The quantitative estimate of drug-likeness (QED) is 0.581. The Morgan fingerprint density at radius 2 is 1.73 bits per heavy atom. The highest BCUT2D eigenvalue weighted by Crippen LogP contribution is 2.28. The number of nitrogens with zero attached hydrogens (tertiary/aromatic N) is 1. The lowest BCUT2D eigenvalue weighted by Crippen LogP contribution is -2.41. The fraction of sp³-hybridized carbons (Fsp3) is 0.409. The Morgan fingerprint density at radius 1 is 1.03 bits per heavy atom. The molecule has 2 rings (SSSR count). The van der Waals surface area contributed by atoms with Crippen LogP contribution in [-0.4, -0.2) is 47.9 Å². The van der Waals surface area contributed by atoms with Crippen molar-refractivity contribution >= 4 is 21.6 Å². The van der Waals surface area contributed by atoms with Gasteiger partial charge in [0.2, 0.25) is 15.9 Å². The Morgan fingerprint density at radius 3 is 2.33 bits per heavy atom. The average molecular weight is 435 g/mol. The standard InChI is InChI=1S/C22H30N2O5S/c1-16-8-10-19(17(2)13-16)24(30(5,26)27)15-22(25)23-12-6-7-18-9-11-20(28-3)21(14-18)29-4/h8-11,13-14H,6-7,12,15H2,1-5H3,(H,23,25). The minimum Gasteiger partial charge on any atom is -0.493 e. The Bertz CT molecular complexity index is 989. The summed E-state index contributed by atoms with van der Waals surface area (Å²) in [5.41, 5.74) is 3.42. The molecule has 0 atom stereocenters. The van der Waals surface area contributed by atoms with Gasteiger partial charge in [0, 0.05) is 6.54 Å². The number of nitrogens with one attached hydrogen (secondary N) is 1. The van der Waals surface area contributed by atoms with Gasteiger partial charge in [-0.15, -0.1) is 0 Å². The van der Waals surface area contributed by atoms with Crippen LogP contribution in [0.25, 0.3) is 0 Å². The highest BCUT2D eigenvalue weighted by Gasteiger charge is 2.22. The molecule has 0 spiro atoms. The van der Waals surface area contributed by atoms with Crippen molar-refractivity contribution in [2.24, 2.45) is 0 Å². The summed E-state index contributed by atoms with van der Waals surface area (Å²) in [5.74, 6) is 0.992. The van der Waals surface area contributed by atoms with Crippen LogP contribution in [0.1, 0.15) is 23.1 Å². The summed E-state index contributed by atoms with van der Waals surface area (Å²) in [6.07, 6.45) is 2.56. The molecule has 7 nitrogen and oxygen atoms in total. The second kappa shape index (κ2) is 10.3. The topological polar surface area (TPSA) is 84.9 Å². The van der Waals surface area contributed by atoms with Gasteiger partial charge in [0.1, 0.15) is 6.54 Å². The van der Waals surface area contributed by atoms with Crippen molar-refractivity contribution in [3.05, 3.63) is 53.1 Å². The van der Waals surface area contributed by atoms with Gasteiger partial charge in [0.05, 0.1) is 26.2 Å². The van der Waals surface area contributed by atoms with Gasteiger partial charge < -0.3 is 14.8 Å². The van der Waals surface area contributed by atoms with Crippen LogP contribution < -0.4 is 19.1 Å². The molecule has 0 saturated carbocycles. The first-order valence-corrected chi connectivity index (χ1v) is 11.5. The predicted molar refractivity (Wildman–Crippen MR) is 119 cm³/mol. The Labute approximate surface area is 179 Å². The average Bonchev–Trinajstić information content (AvgIpc) is 2.69. The zero-order chi connectivity index (χ0) is 22.3. The molecular weight excluding hydrogens is 404 g/mol. The van der Waals surface area contributed by atoms with E-state index in [-0.39, 0.29) is 12.5 Å². The summed E-state index contributed by atoms with van der Waals surface area (Å²) >= 11 is 0. The summed E-state index contributed by atoms with van der Waals surface area (Å²) in [6, 6.07) is 11.2. The first-order chi connectivity index (χ1) is 14.2. The van der Waals surface area contributed by atoms with Gasteiger partial charge in [-0.3, -0.25) is 9.10 Å². The molecule has 0 heterocycles. The smallest absolute Gasteiger partial charge is 0.240 e. The number of rotatable bonds is 10. The van der Waals surface area contributed by atoms with Crippen LogP contribution >= 0.6 is 0 Å². The zero-order valence-corrected chi connectivity index (χ0v) is 19.0. The third-order valence-corrected chi connectivity index (χ3v) is 5.85. The molecule has 0 saturated heterocycles. The van der Waals surface area contributed by atoms with E-state index in [2.05, 4.69) is 5.32 Å². The van der Waals surface area contributed by atoms with Crippen LogP contribution in [0.3, 0.4) is 0 Å². The van der Waals surface area contributed by atoms with E-state index in [1.54, 1.807) is 20.3 Å². The van der Waals surface area contributed by atoms with Gasteiger partial charge in [-0.25, -0.2) is 8.42 Å². The van der Waals surface area contributed by atoms with Crippen LogP contribution in [0, 0.1) is 13.8 Å². The Hall–Kier alpha value is -2.74. The normalized spacial score (nSPS) is 11.1. The summed E-state index contributed by atoms with van der Waals surface area (Å²) in [5, 5.41) is 2.81. The lowest BCUT2D eigenvalue weighted by Gasteiger charge is -2.24. The van der Waals surface area contributed by atoms with Gasteiger partial charge in [-0.2, -0.15) is 0 Å². The van der Waals surface area contributed by atoms with Crippen molar-refractivity contribution in [2.75, 3.05) is 37.9 Å². The molecule has 0 unspecified atom stereocenters. The van der Waals surface area contributed by atoms with E-state index in [0.717, 1.165) is 33.7 Å². The molecule has 0 aliphatic rings. The summed E-state index contributed by atoms with van der Waals surface area (Å²) in [7, 11) is -0.413. The van der Waals surface area contributed by atoms with E-state index in [9.17, 15) is 13.2 Å². The van der Waals surface area contributed by atoms with Gasteiger partial charge >= 0.3 is 0 Å². The number of amides is 1. The third kappa shape index (κ3) is 6.38. The molecular formula is C22H30N2O5S. The summed E-state index contributed by atoms with van der Waals surface area (Å²) in [4.78, 5) is 12.4. The first kappa shape index (κ1) is 23.5. The highest BCUT2D eigenvalue weighted by molar-refractivity contribution is 7.92. The molecule has 2 aromatic carbocycles. The van der Waals surface area contributed by atoms with Crippen LogP contribution in [-0.2, 0) is 21.2 Å². The largest absolute Gasteiger partial charge is 0.493 e. The van der Waals surface area contributed by atoms with Crippen molar-refractivity contribution in [3.63, 3.8) is 0 Å². The molecule has 2 aromatic rings. The van der Waals surface area contributed by atoms with Crippen molar-refractivity contribution in [3.8, 4) is 11.5 Å². The second-order valence-electron chi connectivity index (χ2n) is 7.20. The lowest BCUT2D eigenvalue weighted by molar-refractivity contribution is -0.119. The van der Waals surface area contributed by atoms with Crippen molar-refractivity contribution in [2.45, 2.75) is 26.7 Å². The van der Waals surface area contributed by atoms with Crippen molar-refractivity contribution in [1.29, 1.82) is 0 Å². The summed E-state index contributed by atoms with van der Waals surface area (Å²) < 4.78 is 36.2. The fourth-order valence-electron chi connectivity index (χ4n) is 3.21. The number of hydrogen-bond acceptors (Lipinski definition) is 5. The van der Waals surface area contributed by atoms with E-state index < -0.39 is 10.0 Å². The molecule has 30 heavy (non-hydrogen) atoms. The molecule has 0 bridgehead atoms. The minimum atomic E-state index is -3.59. The Balaban J connectivity index is 1.94. The third-order valence-electron chi connectivity index (χ3n) is 4.72. The number of aryl methyl sites for hydroxylation is 3. The van der Waals surface area contributed by atoms with Crippen molar-refractivity contribution < 1.29 is 22.7 Å². The number of carbonyl (C=O) groups excluding carboxylic acids is 1. The van der Waals surface area contributed by atoms with Crippen molar-refractivity contribution in [1.82, 2.24) is 5.32 Å². The highest BCUT2D eigenvalue weighted by atomic mass is 32.2. The second-order valence-corrected chi connectivity index (χ2v) is 9.11. The zero-order valence-electron chi connectivity index (χ0n) is 18.2. The molecule has 0 radical (unpaired) electrons. The van der Waals surface area contributed by atoms with Crippen LogP contribution in [0.2, 0.25) is 0 Å². The fourth-order valence-corrected chi connectivity index (χ4v) is 4.12. The van der Waals surface area contributed by atoms with E-state index in [1.807, 2.05) is 44.2 Å². The molecule has 0 aliphatic carbocycles. The number of benzene rings is 2. The predicted octanol–water partition coefficient (Wildman–Crippen LogP) is 2.84. The van der Waals surface area contributed by atoms with Gasteiger partial charge in [0.15, 0.2) is 11.5 Å². The van der Waals surface area contributed by atoms with Crippen LogP contribution in [0.15, 0.2) is 36.4 Å². The van der Waals surface area contributed by atoms with Crippen LogP contribution in [0.5, 0.6) is 11.5 Å². The maximum Gasteiger partial charge on any atom is 0.240 e. The van der Waals surface area contributed by atoms with Gasteiger partial charge in [-0.05, 0) is 56.0 Å². The van der Waals surface area contributed by atoms with E-state index in [1.165, 1.54) is 0 Å². The monoisotopic (exact) mass is 434 g/mol. The maximum atomic E-state index is 12.4. The molecule has 8 heteroatoms. The Kier molecular flexibility index (Phi) is 8.11. The number of hydrogen-bond donors (Lipinski definition) is 1. The molecule has 0 aliphatic heterocycles. The molecule has 164 valence electrons. The van der Waals surface area contributed by atoms with E-state index in [0.29, 0.717) is 30.2 Å². The lowest BCUT2D eigenvalue weighted by atomic mass is 10.1. The number of carbonyl (C=O) groups is 1. The summed E-state index contributed by atoms with van der Waals surface area (Å²) in [6.45, 7) is 3.96. The maximum absolute atomic E-state index is 12.4. The molecule has 0 fully saturated rings. The van der Waals surface area contributed by atoms with Gasteiger partial charge in [-0.1, -0.05) is 23.8 Å². The van der Waals surface area contributed by atoms with Gasteiger partial charge in [0.25, 0.3) is 0 Å². The van der Waals surface area contributed by atoms with E-state index >= 15 is 0 Å².